The summed E-state index contributed by atoms with van der Waals surface area (Å²) in [5, 5.41) is 22.8. The molecule has 0 spiro atoms. The van der Waals surface area contributed by atoms with Crippen LogP contribution in [0.5, 0.6) is 11.5 Å². The Bertz CT molecular complexity index is 2050. The lowest BCUT2D eigenvalue weighted by Crippen LogP contribution is -2.65. The summed E-state index contributed by atoms with van der Waals surface area (Å²) in [7, 11) is 0. The van der Waals surface area contributed by atoms with Crippen LogP contribution >= 0.6 is 0 Å². The van der Waals surface area contributed by atoms with Crippen LogP contribution in [0.25, 0.3) is 0 Å². The van der Waals surface area contributed by atoms with E-state index in [1.165, 1.54) is 36.4 Å². The predicted molar refractivity (Wildman–Crippen MR) is 273 cm³/mol. The van der Waals surface area contributed by atoms with Crippen molar-refractivity contribution in [3.05, 3.63) is 83.0 Å². The zero-order valence-electron chi connectivity index (χ0n) is 44.7. The number of carbonyl (C=O) groups is 6. The van der Waals surface area contributed by atoms with Crippen molar-refractivity contribution in [3.63, 3.8) is 0 Å². The molecule has 0 aliphatic carbocycles. The van der Waals surface area contributed by atoms with Gasteiger partial charge in [-0.1, -0.05) is 66.5 Å². The Kier molecular flexibility index (Phi) is 19.3. The van der Waals surface area contributed by atoms with Gasteiger partial charge in [0.05, 0.1) is 11.1 Å². The summed E-state index contributed by atoms with van der Waals surface area (Å²) in [6.45, 7) is 29.8. The molecule has 14 nitrogen and oxygen atoms in total. The van der Waals surface area contributed by atoms with Gasteiger partial charge in [0.15, 0.2) is 0 Å². The van der Waals surface area contributed by atoms with Crippen LogP contribution in [0.2, 0.25) is 0 Å². The number of nitrogens with zero attached hydrogens (tertiary/aromatic N) is 2. The number of amides is 2. The minimum atomic E-state index is -3.55. The third kappa shape index (κ3) is 13.5. The molecule has 392 valence electrons. The van der Waals surface area contributed by atoms with Crippen molar-refractivity contribution in [2.24, 2.45) is 0 Å². The SMILES string of the molecule is C=CC(=O)N1C(C)(C)CC(OC(=O)C(OC(=O)c2cc(CCCC)c(O)c(CCCC)c2)(OC(=O)c2cc(CCCC)c(O)c(CCCC)c2)C(=O)OC2CC(C)(C)N(C(=O)C=C)C(C)(C)C2)CC1(C)C. The topological polar surface area (TPSA) is 186 Å². The number of ether oxygens (including phenoxy) is 4. The van der Waals surface area contributed by atoms with Gasteiger partial charge in [-0.15, -0.1) is 0 Å². The maximum Gasteiger partial charge on any atom is 0.457 e. The molecule has 14 heteroatoms. The van der Waals surface area contributed by atoms with Crippen LogP contribution in [0.3, 0.4) is 0 Å². The fraction of sp³-hybridized carbons (Fsp3) is 0.614. The van der Waals surface area contributed by atoms with E-state index < -0.39 is 64.0 Å². The van der Waals surface area contributed by atoms with E-state index in [4.69, 9.17) is 18.9 Å². The molecule has 0 unspecified atom stereocenters. The summed E-state index contributed by atoms with van der Waals surface area (Å²) < 4.78 is 24.8. The van der Waals surface area contributed by atoms with Gasteiger partial charge in [0.25, 0.3) is 0 Å². The minimum absolute atomic E-state index is 0.0306. The molecule has 0 saturated carbocycles. The molecule has 0 bridgehead atoms. The molecule has 2 aliphatic rings. The van der Waals surface area contributed by atoms with Crippen molar-refractivity contribution in [2.45, 2.75) is 226 Å². The molecule has 2 aromatic rings. The zero-order valence-corrected chi connectivity index (χ0v) is 44.7. The number of aryl methyl sites for hydroxylation is 4. The Balaban J connectivity index is 2.01. The Labute approximate surface area is 422 Å². The van der Waals surface area contributed by atoms with Crippen LogP contribution in [0.15, 0.2) is 49.6 Å². The first-order valence-electron chi connectivity index (χ1n) is 25.7. The Morgan fingerprint density at radius 1 is 0.535 bits per heavy atom. The van der Waals surface area contributed by atoms with E-state index in [2.05, 4.69) is 13.2 Å². The lowest BCUT2D eigenvalue weighted by Gasteiger charge is -2.54. The van der Waals surface area contributed by atoms with Gasteiger partial charge in [-0.25, -0.2) is 19.2 Å². The van der Waals surface area contributed by atoms with Crippen molar-refractivity contribution < 1.29 is 57.9 Å². The monoisotopic (exact) mass is 987 g/mol. The Morgan fingerprint density at radius 3 is 1.01 bits per heavy atom. The molecule has 2 amide bonds. The second-order valence-corrected chi connectivity index (χ2v) is 22.0. The average Bonchev–Trinajstić information content (AvgIpc) is 3.27. The number of piperidine rings is 2. The van der Waals surface area contributed by atoms with Crippen LogP contribution in [0, 0.1) is 0 Å². The van der Waals surface area contributed by atoms with Gasteiger partial charge in [0.2, 0.25) is 11.8 Å². The summed E-state index contributed by atoms with van der Waals surface area (Å²) in [5.41, 5.74) is -2.15. The number of hydrogen-bond donors (Lipinski definition) is 2. The van der Waals surface area contributed by atoms with E-state index in [1.54, 1.807) is 65.2 Å². The lowest BCUT2D eigenvalue weighted by atomic mass is 9.78. The van der Waals surface area contributed by atoms with E-state index in [9.17, 15) is 29.4 Å². The molecular formula is C57H82N2O12. The van der Waals surface area contributed by atoms with Crippen LogP contribution < -0.4 is 0 Å². The largest absolute Gasteiger partial charge is 0.507 e. The summed E-state index contributed by atoms with van der Waals surface area (Å²) in [6, 6.07) is 5.78. The highest BCUT2D eigenvalue weighted by Gasteiger charge is 2.62. The fourth-order valence-electron chi connectivity index (χ4n) is 11.0. The van der Waals surface area contributed by atoms with Crippen LogP contribution in [0.1, 0.15) is 203 Å². The summed E-state index contributed by atoms with van der Waals surface area (Å²) >= 11 is 0. The number of rotatable bonds is 22. The zero-order chi connectivity index (χ0) is 53.3. The maximum absolute atomic E-state index is 15.5. The highest BCUT2D eigenvalue weighted by molar-refractivity contribution is 6.08. The van der Waals surface area contributed by atoms with Gasteiger partial charge >= 0.3 is 29.7 Å². The van der Waals surface area contributed by atoms with Gasteiger partial charge < -0.3 is 39.0 Å². The number of phenols is 2. The van der Waals surface area contributed by atoms with Crippen molar-refractivity contribution >= 4 is 35.7 Å². The first-order chi connectivity index (χ1) is 33.2. The molecule has 2 saturated heterocycles. The highest BCUT2D eigenvalue weighted by atomic mass is 16.8. The molecule has 0 radical (unpaired) electrons. The first-order valence-corrected chi connectivity index (χ1v) is 25.7. The van der Waals surface area contributed by atoms with Crippen LogP contribution in [-0.2, 0) is 63.8 Å². The highest BCUT2D eigenvalue weighted by Crippen LogP contribution is 2.43. The first kappa shape index (κ1) is 57.9. The molecule has 2 aromatic carbocycles. The van der Waals surface area contributed by atoms with Crippen molar-refractivity contribution in [1.82, 2.24) is 9.80 Å². The standard InChI is InChI=1S/C57H82N2O12/c1-15-21-25-37-29-41(30-38(47(37)62)26-22-16-2)49(64)70-57(51(66)68-43-33-53(7,8)58(45(60)19-5)54(9,10)34-43,52(67)69-44-35-55(11,12)59(46(61)20-6)56(13,14)36-44)71-50(65)42-31-39(27-23-17-3)48(63)40(32-42)28-24-18-4/h19-20,29-32,43-44,62-63H,5-6,15-18,21-28,33-36H2,1-4,7-14H3. The third-order valence-electron chi connectivity index (χ3n) is 13.9. The van der Waals surface area contributed by atoms with E-state index in [0.29, 0.717) is 73.6 Å². The molecule has 0 aromatic heterocycles. The van der Waals surface area contributed by atoms with Gasteiger partial charge in [0, 0.05) is 47.8 Å². The van der Waals surface area contributed by atoms with E-state index in [1.807, 2.05) is 27.7 Å². The van der Waals surface area contributed by atoms with Crippen molar-refractivity contribution in [3.8, 4) is 11.5 Å². The summed E-state index contributed by atoms with van der Waals surface area (Å²) in [4.78, 5) is 90.8. The number of aromatic hydroxyl groups is 2. The second kappa shape index (κ2) is 23.7. The van der Waals surface area contributed by atoms with Crippen molar-refractivity contribution in [2.75, 3.05) is 0 Å². The fourth-order valence-corrected chi connectivity index (χ4v) is 11.0. The lowest BCUT2D eigenvalue weighted by molar-refractivity contribution is -0.235. The number of likely N-dealkylation sites (tertiary alicyclic amines) is 2. The van der Waals surface area contributed by atoms with Gasteiger partial charge in [-0.05, 0) is 165 Å². The molecule has 2 fully saturated rings. The van der Waals surface area contributed by atoms with Gasteiger partial charge in [-0.2, -0.15) is 0 Å². The number of benzene rings is 2. The number of esters is 4. The number of phenolic OH excluding ortho intramolecular Hbond substituents is 2. The summed E-state index contributed by atoms with van der Waals surface area (Å²) in [6.07, 6.45) is 8.13. The molecular weight excluding hydrogens is 905 g/mol. The smallest absolute Gasteiger partial charge is 0.457 e. The van der Waals surface area contributed by atoms with Crippen LogP contribution in [0.4, 0.5) is 0 Å². The minimum Gasteiger partial charge on any atom is -0.507 e. The Morgan fingerprint density at radius 2 is 0.789 bits per heavy atom. The quantitative estimate of drug-likeness (QED) is 0.0374. The van der Waals surface area contributed by atoms with E-state index >= 15 is 9.59 Å². The summed E-state index contributed by atoms with van der Waals surface area (Å²) in [5.74, 6) is -9.73. The second-order valence-electron chi connectivity index (χ2n) is 22.0. The number of hydrogen-bond acceptors (Lipinski definition) is 12. The predicted octanol–water partition coefficient (Wildman–Crippen LogP) is 10.7. The average molecular weight is 987 g/mol. The normalized spacial score (nSPS) is 17.5. The van der Waals surface area contributed by atoms with E-state index in [0.717, 1.165) is 25.7 Å². The van der Waals surface area contributed by atoms with Crippen molar-refractivity contribution in [1.29, 1.82) is 0 Å². The molecule has 2 aliphatic heterocycles. The third-order valence-corrected chi connectivity index (χ3v) is 13.9. The maximum atomic E-state index is 15.5. The van der Waals surface area contributed by atoms with E-state index in [-0.39, 0.29) is 60.1 Å². The molecule has 2 N–H and O–H groups in total. The van der Waals surface area contributed by atoms with Crippen LogP contribution in [-0.4, -0.2) is 95.9 Å². The molecule has 0 atom stereocenters. The molecule has 4 rings (SSSR count). The number of unbranched alkanes of at least 4 members (excludes halogenated alkanes) is 4. The molecule has 2 heterocycles. The number of carbonyl (C=O) groups excluding carboxylic acids is 6. The molecule has 71 heavy (non-hydrogen) atoms. The van der Waals surface area contributed by atoms with Gasteiger partial charge in [-0.3, -0.25) is 9.59 Å². The van der Waals surface area contributed by atoms with Gasteiger partial charge in [0.1, 0.15) is 23.7 Å². The Hall–Kier alpha value is -5.66.